The SMILES string of the molecule is CCCC1(CNC(=O)[C@H]2Cc3ccccc3CN2)CC1. The average molecular weight is 272 g/mol. The second-order valence-electron chi connectivity index (χ2n) is 6.37. The van der Waals surface area contributed by atoms with Crippen LogP contribution in [0.2, 0.25) is 0 Å². The molecule has 2 N–H and O–H groups in total. The minimum atomic E-state index is -0.0673. The average Bonchev–Trinajstić information content (AvgIpc) is 3.25. The number of carbonyl (C=O) groups is 1. The molecule has 0 radical (unpaired) electrons. The summed E-state index contributed by atoms with van der Waals surface area (Å²) < 4.78 is 0. The zero-order valence-electron chi connectivity index (χ0n) is 12.2. The highest BCUT2D eigenvalue weighted by atomic mass is 16.2. The Morgan fingerprint density at radius 2 is 2.10 bits per heavy atom. The maximum atomic E-state index is 12.3. The van der Waals surface area contributed by atoms with E-state index in [1.54, 1.807) is 0 Å². The smallest absolute Gasteiger partial charge is 0.237 e. The zero-order valence-corrected chi connectivity index (χ0v) is 12.2. The highest BCUT2D eigenvalue weighted by Crippen LogP contribution is 2.48. The Morgan fingerprint density at radius 1 is 1.35 bits per heavy atom. The van der Waals surface area contributed by atoms with Crippen LogP contribution in [0.4, 0.5) is 0 Å². The van der Waals surface area contributed by atoms with Gasteiger partial charge < -0.3 is 10.6 Å². The lowest BCUT2D eigenvalue weighted by molar-refractivity contribution is -0.123. The molecule has 0 bridgehead atoms. The van der Waals surface area contributed by atoms with Crippen LogP contribution in [0.15, 0.2) is 24.3 Å². The van der Waals surface area contributed by atoms with E-state index in [-0.39, 0.29) is 11.9 Å². The number of hydrogen-bond donors (Lipinski definition) is 2. The third-order valence-corrected chi connectivity index (χ3v) is 4.77. The molecule has 3 nitrogen and oxygen atoms in total. The van der Waals surface area contributed by atoms with Gasteiger partial charge in [-0.05, 0) is 42.2 Å². The van der Waals surface area contributed by atoms with Crippen molar-refractivity contribution in [1.82, 2.24) is 10.6 Å². The van der Waals surface area contributed by atoms with Crippen LogP contribution in [0.3, 0.4) is 0 Å². The summed E-state index contributed by atoms with van der Waals surface area (Å²) in [6.07, 6.45) is 5.83. The van der Waals surface area contributed by atoms with Gasteiger partial charge >= 0.3 is 0 Å². The lowest BCUT2D eigenvalue weighted by Gasteiger charge is -2.26. The van der Waals surface area contributed by atoms with E-state index < -0.39 is 0 Å². The predicted octanol–water partition coefficient (Wildman–Crippen LogP) is 2.40. The Balaban J connectivity index is 1.54. The van der Waals surface area contributed by atoms with E-state index >= 15 is 0 Å². The number of fused-ring (bicyclic) bond motifs is 1. The molecule has 0 aromatic heterocycles. The molecule has 0 saturated heterocycles. The minimum Gasteiger partial charge on any atom is -0.354 e. The predicted molar refractivity (Wildman–Crippen MR) is 80.4 cm³/mol. The van der Waals surface area contributed by atoms with Crippen molar-refractivity contribution in [2.75, 3.05) is 6.54 Å². The van der Waals surface area contributed by atoms with Crippen molar-refractivity contribution >= 4 is 5.91 Å². The van der Waals surface area contributed by atoms with E-state index in [9.17, 15) is 4.79 Å². The third kappa shape index (κ3) is 2.88. The number of nitrogens with one attached hydrogen (secondary N) is 2. The molecule has 1 fully saturated rings. The minimum absolute atomic E-state index is 0.0673. The lowest BCUT2D eigenvalue weighted by atomic mass is 9.95. The molecule has 2 aliphatic rings. The second-order valence-corrected chi connectivity index (χ2v) is 6.37. The molecular formula is C17H24N2O. The maximum Gasteiger partial charge on any atom is 0.237 e. The fraction of sp³-hybridized carbons (Fsp3) is 0.588. The zero-order chi connectivity index (χ0) is 14.0. The van der Waals surface area contributed by atoms with Crippen LogP contribution in [-0.2, 0) is 17.8 Å². The van der Waals surface area contributed by atoms with Crippen LogP contribution < -0.4 is 10.6 Å². The Kier molecular flexibility index (Phi) is 3.79. The van der Waals surface area contributed by atoms with E-state index in [1.165, 1.54) is 36.8 Å². The first-order chi connectivity index (χ1) is 9.72. The summed E-state index contributed by atoms with van der Waals surface area (Å²) in [6, 6.07) is 8.32. The summed E-state index contributed by atoms with van der Waals surface area (Å²) in [5.74, 6) is 0.168. The topological polar surface area (TPSA) is 41.1 Å². The van der Waals surface area contributed by atoms with Crippen LogP contribution in [0.5, 0.6) is 0 Å². The Morgan fingerprint density at radius 3 is 2.80 bits per heavy atom. The Bertz CT molecular complexity index is 494. The molecule has 1 atom stereocenters. The quantitative estimate of drug-likeness (QED) is 0.864. The van der Waals surface area contributed by atoms with Gasteiger partial charge in [-0.2, -0.15) is 0 Å². The molecule has 1 saturated carbocycles. The molecule has 108 valence electrons. The number of hydrogen-bond acceptors (Lipinski definition) is 2. The standard InChI is InChI=1S/C17H24N2O/c1-2-7-17(8-9-17)12-19-16(20)15-10-13-5-3-4-6-14(13)11-18-15/h3-6,15,18H,2,7-12H2,1H3,(H,19,20)/t15-/m1/s1. The van der Waals surface area contributed by atoms with Gasteiger partial charge in [-0.3, -0.25) is 4.79 Å². The van der Waals surface area contributed by atoms with Crippen LogP contribution >= 0.6 is 0 Å². The summed E-state index contributed by atoms with van der Waals surface area (Å²) >= 11 is 0. The van der Waals surface area contributed by atoms with E-state index in [4.69, 9.17) is 0 Å². The van der Waals surface area contributed by atoms with Crippen LogP contribution in [0, 0.1) is 5.41 Å². The molecule has 3 rings (SSSR count). The molecule has 1 amide bonds. The van der Waals surface area contributed by atoms with Crippen molar-refractivity contribution in [1.29, 1.82) is 0 Å². The van der Waals surface area contributed by atoms with E-state index in [0.717, 1.165) is 19.5 Å². The summed E-state index contributed by atoms with van der Waals surface area (Å²) in [7, 11) is 0. The van der Waals surface area contributed by atoms with Gasteiger partial charge in [-0.25, -0.2) is 0 Å². The second kappa shape index (κ2) is 5.57. The van der Waals surface area contributed by atoms with Crippen molar-refractivity contribution in [3.63, 3.8) is 0 Å². The highest BCUT2D eigenvalue weighted by Gasteiger charge is 2.41. The third-order valence-electron chi connectivity index (χ3n) is 4.77. The van der Waals surface area contributed by atoms with Gasteiger partial charge in [0, 0.05) is 13.1 Å². The molecule has 20 heavy (non-hydrogen) atoms. The van der Waals surface area contributed by atoms with Gasteiger partial charge in [-0.1, -0.05) is 37.6 Å². The molecule has 1 aliphatic carbocycles. The van der Waals surface area contributed by atoms with E-state index in [2.05, 4.69) is 41.8 Å². The fourth-order valence-corrected chi connectivity index (χ4v) is 3.26. The summed E-state index contributed by atoms with van der Waals surface area (Å²) in [5.41, 5.74) is 3.05. The molecule has 1 heterocycles. The molecule has 1 aromatic rings. The first-order valence-corrected chi connectivity index (χ1v) is 7.80. The van der Waals surface area contributed by atoms with Gasteiger partial charge in [0.25, 0.3) is 0 Å². The number of rotatable bonds is 5. The lowest BCUT2D eigenvalue weighted by Crippen LogP contribution is -2.48. The summed E-state index contributed by atoms with van der Waals surface area (Å²) in [4.78, 5) is 12.3. The monoisotopic (exact) mass is 272 g/mol. The largest absolute Gasteiger partial charge is 0.354 e. The normalized spacial score (nSPS) is 22.9. The molecule has 3 heteroatoms. The molecule has 1 aliphatic heterocycles. The Labute approximate surface area is 121 Å². The van der Waals surface area contributed by atoms with Crippen molar-refractivity contribution < 1.29 is 4.79 Å². The summed E-state index contributed by atoms with van der Waals surface area (Å²) in [6.45, 7) is 3.88. The molecule has 0 unspecified atom stereocenters. The van der Waals surface area contributed by atoms with Gasteiger partial charge in [0.2, 0.25) is 5.91 Å². The molecule has 0 spiro atoms. The summed E-state index contributed by atoms with van der Waals surface area (Å²) in [5, 5.41) is 6.52. The number of carbonyl (C=O) groups excluding carboxylic acids is 1. The van der Waals surface area contributed by atoms with Crippen molar-refractivity contribution in [3.8, 4) is 0 Å². The molecular weight excluding hydrogens is 248 g/mol. The van der Waals surface area contributed by atoms with Crippen molar-refractivity contribution in [3.05, 3.63) is 35.4 Å². The Hall–Kier alpha value is -1.35. The first-order valence-electron chi connectivity index (χ1n) is 7.80. The van der Waals surface area contributed by atoms with Gasteiger partial charge in [-0.15, -0.1) is 0 Å². The fourth-order valence-electron chi connectivity index (χ4n) is 3.26. The first kappa shape index (κ1) is 13.6. The van der Waals surface area contributed by atoms with Gasteiger partial charge in [0.1, 0.15) is 0 Å². The van der Waals surface area contributed by atoms with Gasteiger partial charge in [0.15, 0.2) is 0 Å². The van der Waals surface area contributed by atoms with Crippen LogP contribution in [-0.4, -0.2) is 18.5 Å². The van der Waals surface area contributed by atoms with E-state index in [1.807, 2.05) is 0 Å². The molecule has 1 aromatic carbocycles. The number of amides is 1. The van der Waals surface area contributed by atoms with Crippen LogP contribution in [0.1, 0.15) is 43.7 Å². The van der Waals surface area contributed by atoms with E-state index in [0.29, 0.717) is 5.41 Å². The number of benzene rings is 1. The van der Waals surface area contributed by atoms with Crippen molar-refractivity contribution in [2.24, 2.45) is 5.41 Å². The highest BCUT2D eigenvalue weighted by molar-refractivity contribution is 5.82. The van der Waals surface area contributed by atoms with Gasteiger partial charge in [0.05, 0.1) is 6.04 Å². The van der Waals surface area contributed by atoms with Crippen LogP contribution in [0.25, 0.3) is 0 Å². The van der Waals surface area contributed by atoms with Crippen molar-refractivity contribution in [2.45, 2.75) is 51.6 Å². The maximum absolute atomic E-state index is 12.3.